The highest BCUT2D eigenvalue weighted by molar-refractivity contribution is 9.11. The number of thiazole rings is 1. The van der Waals surface area contributed by atoms with Crippen LogP contribution in [0.2, 0.25) is 0 Å². The molecule has 2 bridgehead atoms. The summed E-state index contributed by atoms with van der Waals surface area (Å²) in [5.41, 5.74) is 5.71. The summed E-state index contributed by atoms with van der Waals surface area (Å²) >= 11 is 5.13. The number of rotatable bonds is 2. The molecule has 6 rings (SSSR count). The highest BCUT2D eigenvalue weighted by Crippen LogP contribution is 2.61. The van der Waals surface area contributed by atoms with Gasteiger partial charge in [-0.15, -0.1) is 0 Å². The van der Waals surface area contributed by atoms with Crippen molar-refractivity contribution in [2.75, 3.05) is 5.32 Å². The standard InChI is InChI=1S/C25H25BrN2OS/c1-24(2,3)20-21(26)30-23(27-20)28-22(29)25(4)13-18-14-9-5-7-11-16(14)19(25)17-12-8-6-10-15(17)18/h5-12,18-19H,13H2,1-4H3,(H,27,28,29). The fourth-order valence-electron chi connectivity index (χ4n) is 5.25. The van der Waals surface area contributed by atoms with Gasteiger partial charge in [-0.3, -0.25) is 4.79 Å². The van der Waals surface area contributed by atoms with Crippen molar-refractivity contribution in [2.24, 2.45) is 5.41 Å². The number of benzene rings is 2. The third-order valence-electron chi connectivity index (χ3n) is 6.67. The lowest BCUT2D eigenvalue weighted by atomic mass is 9.52. The van der Waals surface area contributed by atoms with Gasteiger partial charge in [0.15, 0.2) is 5.13 Å². The molecule has 3 nitrogen and oxygen atoms in total. The molecule has 0 aliphatic heterocycles. The number of nitrogens with zero attached hydrogens (tertiary/aromatic N) is 1. The SMILES string of the molecule is CC(C)(C)c1nc(NC(=O)C2(C)CC3c4ccccc4C2c2ccccc23)sc1Br. The molecule has 3 aliphatic rings. The number of hydrogen-bond donors (Lipinski definition) is 1. The van der Waals surface area contributed by atoms with Crippen LogP contribution in [0.5, 0.6) is 0 Å². The second-order valence-electron chi connectivity index (χ2n) is 9.71. The van der Waals surface area contributed by atoms with E-state index in [-0.39, 0.29) is 23.2 Å². The van der Waals surface area contributed by atoms with Gasteiger partial charge < -0.3 is 5.32 Å². The van der Waals surface area contributed by atoms with E-state index in [4.69, 9.17) is 4.98 Å². The molecule has 0 radical (unpaired) electrons. The van der Waals surface area contributed by atoms with Crippen molar-refractivity contribution in [1.29, 1.82) is 0 Å². The maximum atomic E-state index is 13.7. The monoisotopic (exact) mass is 480 g/mol. The van der Waals surface area contributed by atoms with Crippen LogP contribution < -0.4 is 5.32 Å². The average Bonchev–Trinajstić information content (AvgIpc) is 3.08. The van der Waals surface area contributed by atoms with Crippen molar-refractivity contribution >= 4 is 38.3 Å². The third-order valence-corrected chi connectivity index (χ3v) is 8.29. The molecule has 1 atom stereocenters. The largest absolute Gasteiger partial charge is 0.301 e. The molecular formula is C25H25BrN2OS. The number of aromatic nitrogens is 1. The van der Waals surface area contributed by atoms with Crippen LogP contribution in [0.25, 0.3) is 0 Å². The van der Waals surface area contributed by atoms with Crippen molar-refractivity contribution < 1.29 is 4.79 Å². The molecule has 5 heteroatoms. The van der Waals surface area contributed by atoms with Gasteiger partial charge in [0.25, 0.3) is 0 Å². The Labute approximate surface area is 190 Å². The first-order valence-corrected chi connectivity index (χ1v) is 12.0. The highest BCUT2D eigenvalue weighted by Gasteiger charge is 2.54. The summed E-state index contributed by atoms with van der Waals surface area (Å²) in [4.78, 5) is 18.4. The summed E-state index contributed by atoms with van der Waals surface area (Å²) in [6, 6.07) is 17.3. The average molecular weight is 481 g/mol. The van der Waals surface area contributed by atoms with Crippen LogP contribution in [0.4, 0.5) is 5.13 Å². The van der Waals surface area contributed by atoms with Gasteiger partial charge in [-0.2, -0.15) is 0 Å². The summed E-state index contributed by atoms with van der Waals surface area (Å²) in [5.74, 6) is 0.370. The lowest BCUT2D eigenvalue weighted by molar-refractivity contribution is -0.126. The van der Waals surface area contributed by atoms with Gasteiger partial charge >= 0.3 is 0 Å². The third kappa shape index (κ3) is 2.89. The molecule has 1 amide bonds. The first-order chi connectivity index (χ1) is 14.2. The van der Waals surface area contributed by atoms with Gasteiger partial charge in [-0.25, -0.2) is 4.98 Å². The van der Waals surface area contributed by atoms with E-state index in [0.29, 0.717) is 5.13 Å². The molecule has 0 fully saturated rings. The molecule has 1 N–H and O–H groups in total. The lowest BCUT2D eigenvalue weighted by Crippen LogP contribution is -2.47. The Balaban J connectivity index is 1.55. The number of anilines is 1. The van der Waals surface area contributed by atoms with Crippen LogP contribution in [0, 0.1) is 5.41 Å². The van der Waals surface area contributed by atoms with Gasteiger partial charge in [-0.1, -0.05) is 80.6 Å². The van der Waals surface area contributed by atoms with Crippen LogP contribution in [0.1, 0.15) is 73.9 Å². The van der Waals surface area contributed by atoms with E-state index >= 15 is 0 Å². The second-order valence-corrected chi connectivity index (χ2v) is 12.0. The molecule has 1 heterocycles. The summed E-state index contributed by atoms with van der Waals surface area (Å²) in [5, 5.41) is 3.84. The van der Waals surface area contributed by atoms with Crippen LogP contribution in [0.15, 0.2) is 52.3 Å². The minimum atomic E-state index is -0.520. The molecule has 2 aromatic carbocycles. The lowest BCUT2D eigenvalue weighted by Gasteiger charge is -2.50. The van der Waals surface area contributed by atoms with Crippen molar-refractivity contribution in [3.63, 3.8) is 0 Å². The minimum Gasteiger partial charge on any atom is -0.301 e. The molecule has 0 spiro atoms. The van der Waals surface area contributed by atoms with Crippen LogP contribution in [-0.4, -0.2) is 10.9 Å². The molecule has 0 saturated heterocycles. The number of halogens is 1. The Bertz CT molecular complexity index is 1110. The number of nitrogens with one attached hydrogen (secondary N) is 1. The fraction of sp³-hybridized carbons (Fsp3) is 0.360. The molecule has 0 saturated carbocycles. The van der Waals surface area contributed by atoms with Gasteiger partial charge in [0.1, 0.15) is 0 Å². The highest BCUT2D eigenvalue weighted by atomic mass is 79.9. The maximum absolute atomic E-state index is 13.7. The second kappa shape index (κ2) is 6.76. The summed E-state index contributed by atoms with van der Waals surface area (Å²) in [6.45, 7) is 8.52. The van der Waals surface area contributed by atoms with Gasteiger partial charge in [0, 0.05) is 17.3 Å². The maximum Gasteiger partial charge on any atom is 0.233 e. The molecule has 3 aliphatic carbocycles. The zero-order valence-corrected chi connectivity index (χ0v) is 20.0. The summed E-state index contributed by atoms with van der Waals surface area (Å²) in [6.07, 6.45) is 0.816. The van der Waals surface area contributed by atoms with E-state index in [2.05, 4.69) is 97.5 Å². The normalized spacial score (nSPS) is 24.3. The molecule has 3 aromatic rings. The van der Waals surface area contributed by atoms with Crippen molar-refractivity contribution in [3.05, 3.63) is 80.3 Å². The van der Waals surface area contributed by atoms with E-state index in [1.165, 1.54) is 33.6 Å². The first kappa shape index (κ1) is 20.0. The van der Waals surface area contributed by atoms with Crippen LogP contribution >= 0.6 is 27.3 Å². The topological polar surface area (TPSA) is 42.0 Å². The van der Waals surface area contributed by atoms with E-state index in [1.54, 1.807) is 0 Å². The van der Waals surface area contributed by atoms with Crippen LogP contribution in [0.3, 0.4) is 0 Å². The van der Waals surface area contributed by atoms with E-state index in [9.17, 15) is 4.79 Å². The zero-order chi connectivity index (χ0) is 21.3. The Hall–Kier alpha value is -1.98. The number of fused-ring (bicyclic) bond motifs is 1. The molecule has 30 heavy (non-hydrogen) atoms. The summed E-state index contributed by atoms with van der Waals surface area (Å²) in [7, 11) is 0. The molecular weight excluding hydrogens is 456 g/mol. The van der Waals surface area contributed by atoms with Gasteiger partial charge in [-0.05, 0) is 51.5 Å². The van der Waals surface area contributed by atoms with Gasteiger partial charge in [0.05, 0.1) is 14.9 Å². The van der Waals surface area contributed by atoms with Crippen molar-refractivity contribution in [2.45, 2.75) is 51.4 Å². The zero-order valence-electron chi connectivity index (χ0n) is 17.6. The van der Waals surface area contributed by atoms with E-state index in [0.717, 1.165) is 15.9 Å². The Kier molecular flexibility index (Phi) is 4.50. The molecule has 1 unspecified atom stereocenters. The Morgan fingerprint density at radius 3 is 2.10 bits per heavy atom. The number of hydrogen-bond acceptors (Lipinski definition) is 3. The van der Waals surface area contributed by atoms with Crippen molar-refractivity contribution in [3.8, 4) is 0 Å². The number of amides is 1. The fourth-order valence-corrected chi connectivity index (χ4v) is 7.29. The first-order valence-electron chi connectivity index (χ1n) is 10.4. The summed E-state index contributed by atoms with van der Waals surface area (Å²) < 4.78 is 0.983. The number of carbonyl (C=O) groups is 1. The van der Waals surface area contributed by atoms with Crippen LogP contribution in [-0.2, 0) is 10.2 Å². The van der Waals surface area contributed by atoms with E-state index in [1.807, 2.05) is 0 Å². The van der Waals surface area contributed by atoms with Crippen molar-refractivity contribution in [1.82, 2.24) is 4.98 Å². The smallest absolute Gasteiger partial charge is 0.233 e. The Morgan fingerprint density at radius 1 is 1.07 bits per heavy atom. The Morgan fingerprint density at radius 2 is 1.60 bits per heavy atom. The number of carbonyl (C=O) groups excluding carboxylic acids is 1. The van der Waals surface area contributed by atoms with E-state index < -0.39 is 5.41 Å². The minimum absolute atomic E-state index is 0.0559. The predicted octanol–water partition coefficient (Wildman–Crippen LogP) is 6.83. The van der Waals surface area contributed by atoms with Gasteiger partial charge in [0.2, 0.25) is 5.91 Å². The molecule has 154 valence electrons. The molecule has 1 aromatic heterocycles. The predicted molar refractivity (Wildman–Crippen MR) is 126 cm³/mol. The quantitative estimate of drug-likeness (QED) is 0.436.